The molecule has 1 atom stereocenters. The Morgan fingerprint density at radius 3 is 2.76 bits per heavy atom. The highest BCUT2D eigenvalue weighted by Gasteiger charge is 2.28. The lowest BCUT2D eigenvalue weighted by atomic mass is 9.96. The van der Waals surface area contributed by atoms with Gasteiger partial charge in [0.25, 0.3) is 5.89 Å². The van der Waals surface area contributed by atoms with Crippen molar-refractivity contribution in [3.8, 4) is 11.5 Å². The molecule has 7 heteroatoms. The molecule has 132 valence electrons. The van der Waals surface area contributed by atoms with Gasteiger partial charge in [-0.1, -0.05) is 17.3 Å². The van der Waals surface area contributed by atoms with Gasteiger partial charge < -0.3 is 18.9 Å². The van der Waals surface area contributed by atoms with Crippen LogP contribution in [0.1, 0.15) is 42.7 Å². The van der Waals surface area contributed by atoms with Gasteiger partial charge in [-0.15, -0.1) is 0 Å². The number of amides is 1. The zero-order valence-electron chi connectivity index (χ0n) is 14.2. The summed E-state index contributed by atoms with van der Waals surface area (Å²) in [5, 5.41) is 4.16. The number of aromatic nitrogens is 2. The molecule has 2 aliphatic heterocycles. The molecule has 1 aromatic heterocycles. The molecule has 3 heterocycles. The average molecular weight is 343 g/mol. The van der Waals surface area contributed by atoms with Crippen LogP contribution in [0.2, 0.25) is 0 Å². The molecule has 25 heavy (non-hydrogen) atoms. The molecule has 0 spiro atoms. The number of ether oxygens (including phenoxy) is 2. The highest BCUT2D eigenvalue weighted by Crippen LogP contribution is 2.32. The molecule has 2 fully saturated rings. The first-order valence-corrected chi connectivity index (χ1v) is 8.63. The monoisotopic (exact) mass is 343 g/mol. The van der Waals surface area contributed by atoms with Crippen LogP contribution in [0.3, 0.4) is 0 Å². The van der Waals surface area contributed by atoms with Crippen LogP contribution in [-0.4, -0.2) is 47.9 Å². The summed E-state index contributed by atoms with van der Waals surface area (Å²) in [6.07, 6.45) is 2.58. The van der Waals surface area contributed by atoms with E-state index in [1.165, 1.54) is 7.11 Å². The van der Waals surface area contributed by atoms with Crippen LogP contribution in [0.15, 0.2) is 28.8 Å². The van der Waals surface area contributed by atoms with Crippen LogP contribution >= 0.6 is 0 Å². The number of carbonyl (C=O) groups is 1. The van der Waals surface area contributed by atoms with E-state index in [2.05, 4.69) is 22.3 Å². The van der Waals surface area contributed by atoms with Crippen molar-refractivity contribution in [2.24, 2.45) is 0 Å². The molecular weight excluding hydrogens is 322 g/mol. The molecule has 1 unspecified atom stereocenters. The summed E-state index contributed by atoms with van der Waals surface area (Å²) in [6, 6.07) is 8.08. The Morgan fingerprint density at radius 2 is 2.08 bits per heavy atom. The Morgan fingerprint density at radius 1 is 1.28 bits per heavy atom. The summed E-state index contributed by atoms with van der Waals surface area (Å²) in [6.45, 7) is 2.12. The quantitative estimate of drug-likeness (QED) is 0.852. The molecule has 0 radical (unpaired) electrons. The molecule has 7 nitrogen and oxygen atoms in total. The van der Waals surface area contributed by atoms with Gasteiger partial charge in [0.15, 0.2) is 5.82 Å². The van der Waals surface area contributed by atoms with Crippen LogP contribution in [0.25, 0.3) is 11.5 Å². The molecule has 0 N–H and O–H groups in total. The maximum atomic E-state index is 11.6. The lowest BCUT2D eigenvalue weighted by Gasteiger charge is -2.29. The minimum Gasteiger partial charge on any atom is -0.453 e. The van der Waals surface area contributed by atoms with E-state index in [-0.39, 0.29) is 18.1 Å². The first-order valence-electron chi connectivity index (χ1n) is 8.63. The van der Waals surface area contributed by atoms with Gasteiger partial charge in [-0.3, -0.25) is 0 Å². The van der Waals surface area contributed by atoms with Gasteiger partial charge in [0.05, 0.1) is 19.8 Å². The summed E-state index contributed by atoms with van der Waals surface area (Å²) < 4.78 is 15.8. The second-order valence-corrected chi connectivity index (χ2v) is 6.46. The summed E-state index contributed by atoms with van der Waals surface area (Å²) in [4.78, 5) is 17.9. The number of hydrogen-bond acceptors (Lipinski definition) is 6. The zero-order valence-corrected chi connectivity index (χ0v) is 14.2. The lowest BCUT2D eigenvalue weighted by Crippen LogP contribution is -2.37. The molecule has 0 bridgehead atoms. The summed E-state index contributed by atoms with van der Waals surface area (Å²) >= 11 is 0. The van der Waals surface area contributed by atoms with E-state index in [4.69, 9.17) is 14.0 Å². The summed E-state index contributed by atoms with van der Waals surface area (Å²) in [5.74, 6) is 1.45. The Balaban J connectivity index is 1.45. The minimum absolute atomic E-state index is 0.185. The molecule has 4 rings (SSSR count). The van der Waals surface area contributed by atoms with Crippen LogP contribution in [-0.2, 0) is 9.47 Å². The van der Waals surface area contributed by atoms with Crippen LogP contribution < -0.4 is 0 Å². The fraction of sp³-hybridized carbons (Fsp3) is 0.500. The maximum absolute atomic E-state index is 11.6. The fourth-order valence-electron chi connectivity index (χ4n) is 3.34. The highest BCUT2D eigenvalue weighted by atomic mass is 16.5. The van der Waals surface area contributed by atoms with Gasteiger partial charge in [0, 0.05) is 31.0 Å². The molecular formula is C18H21N3O4. The van der Waals surface area contributed by atoms with E-state index < -0.39 is 0 Å². The van der Waals surface area contributed by atoms with Crippen molar-refractivity contribution in [1.29, 1.82) is 0 Å². The van der Waals surface area contributed by atoms with Crippen LogP contribution in [0, 0.1) is 0 Å². The van der Waals surface area contributed by atoms with Crippen LogP contribution in [0.4, 0.5) is 4.79 Å². The Hall–Kier alpha value is -2.41. The number of rotatable bonds is 3. The predicted octanol–water partition coefficient (Wildman–Crippen LogP) is 3.14. The Kier molecular flexibility index (Phi) is 4.40. The molecule has 2 aromatic rings. The lowest BCUT2D eigenvalue weighted by molar-refractivity contribution is -0.0526. The molecule has 1 amide bonds. The number of piperidine rings is 1. The molecule has 0 aliphatic carbocycles. The second kappa shape index (κ2) is 6.84. The summed E-state index contributed by atoms with van der Waals surface area (Å²) in [5.41, 5.74) is 2.06. The smallest absolute Gasteiger partial charge is 0.409 e. The average Bonchev–Trinajstić information content (AvgIpc) is 3.10. The van der Waals surface area contributed by atoms with Crippen molar-refractivity contribution >= 4 is 6.09 Å². The molecule has 2 aliphatic rings. The van der Waals surface area contributed by atoms with Gasteiger partial charge in [0.2, 0.25) is 0 Å². The predicted molar refractivity (Wildman–Crippen MR) is 89.0 cm³/mol. The zero-order chi connectivity index (χ0) is 17.2. The maximum Gasteiger partial charge on any atom is 0.409 e. The third kappa shape index (κ3) is 3.24. The van der Waals surface area contributed by atoms with Crippen LogP contribution in [0.5, 0.6) is 0 Å². The van der Waals surface area contributed by atoms with Crippen molar-refractivity contribution in [2.45, 2.75) is 31.3 Å². The van der Waals surface area contributed by atoms with Crippen molar-refractivity contribution in [3.05, 3.63) is 35.7 Å². The van der Waals surface area contributed by atoms with Gasteiger partial charge in [-0.25, -0.2) is 4.79 Å². The van der Waals surface area contributed by atoms with E-state index in [1.54, 1.807) is 4.90 Å². The standard InChI is InChI=1S/C18H21N3O4/c1-23-18(22)21-8-5-12(6-9-21)16-19-17(25-20-16)14-4-2-3-13(11-14)15-7-10-24-15/h2-4,11-12,15H,5-10H2,1H3. The fourth-order valence-corrected chi connectivity index (χ4v) is 3.34. The number of carbonyl (C=O) groups excluding carboxylic acids is 1. The van der Waals surface area contributed by atoms with Gasteiger partial charge >= 0.3 is 6.09 Å². The SMILES string of the molecule is COC(=O)N1CCC(c2noc(-c3cccc(C4CCO4)c3)n2)CC1. The van der Waals surface area contributed by atoms with Gasteiger partial charge in [0.1, 0.15) is 0 Å². The number of benzene rings is 1. The molecule has 0 saturated carbocycles. The molecule has 1 aromatic carbocycles. The van der Waals surface area contributed by atoms with E-state index in [0.717, 1.165) is 37.0 Å². The van der Waals surface area contributed by atoms with E-state index in [0.29, 0.717) is 24.8 Å². The van der Waals surface area contributed by atoms with E-state index >= 15 is 0 Å². The van der Waals surface area contributed by atoms with Gasteiger partial charge in [-0.05, 0) is 30.5 Å². The third-order valence-corrected chi connectivity index (χ3v) is 4.94. The first-order chi connectivity index (χ1) is 12.2. The largest absolute Gasteiger partial charge is 0.453 e. The van der Waals surface area contributed by atoms with Crippen molar-refractivity contribution in [1.82, 2.24) is 15.0 Å². The Bertz CT molecular complexity index is 748. The molecule has 2 saturated heterocycles. The first kappa shape index (κ1) is 16.1. The second-order valence-electron chi connectivity index (χ2n) is 6.46. The number of likely N-dealkylation sites (tertiary alicyclic amines) is 1. The number of hydrogen-bond donors (Lipinski definition) is 0. The number of nitrogens with zero attached hydrogens (tertiary/aromatic N) is 3. The normalized spacial score (nSPS) is 21.0. The Labute approximate surface area is 145 Å². The highest BCUT2D eigenvalue weighted by molar-refractivity contribution is 5.67. The van der Waals surface area contributed by atoms with E-state index in [9.17, 15) is 4.79 Å². The minimum atomic E-state index is -0.276. The topological polar surface area (TPSA) is 77.7 Å². The van der Waals surface area contributed by atoms with Crippen molar-refractivity contribution < 1.29 is 18.8 Å². The van der Waals surface area contributed by atoms with Crippen molar-refractivity contribution in [2.75, 3.05) is 26.8 Å². The van der Waals surface area contributed by atoms with Gasteiger partial charge in [-0.2, -0.15) is 4.98 Å². The number of methoxy groups -OCH3 is 1. The van der Waals surface area contributed by atoms with E-state index in [1.807, 2.05) is 12.1 Å². The van der Waals surface area contributed by atoms with Crippen molar-refractivity contribution in [3.63, 3.8) is 0 Å². The summed E-state index contributed by atoms with van der Waals surface area (Å²) in [7, 11) is 1.41. The third-order valence-electron chi connectivity index (χ3n) is 4.94.